The first kappa shape index (κ1) is 19.2. The quantitative estimate of drug-likeness (QED) is 0.485. The molecular formula is C21H16Cl2N4O2. The van der Waals surface area contributed by atoms with Crippen molar-refractivity contribution in [2.75, 3.05) is 11.9 Å². The Morgan fingerprint density at radius 3 is 2.86 bits per heavy atom. The van der Waals surface area contributed by atoms with E-state index in [2.05, 4.69) is 15.3 Å². The number of nitrogens with zero attached hydrogens (tertiary/aromatic N) is 3. The molecule has 0 aliphatic rings. The molecule has 0 atom stereocenters. The highest BCUT2D eigenvalue weighted by molar-refractivity contribution is 6.35. The van der Waals surface area contributed by atoms with E-state index in [-0.39, 0.29) is 12.5 Å². The molecule has 8 heteroatoms. The summed E-state index contributed by atoms with van der Waals surface area (Å²) in [6.07, 6.45) is 5.47. The number of halogens is 2. The van der Waals surface area contributed by atoms with Crippen molar-refractivity contribution in [1.82, 2.24) is 14.4 Å². The predicted molar refractivity (Wildman–Crippen MR) is 114 cm³/mol. The lowest BCUT2D eigenvalue weighted by atomic mass is 10.1. The lowest BCUT2D eigenvalue weighted by Gasteiger charge is -2.11. The number of aryl methyl sites for hydroxylation is 1. The van der Waals surface area contributed by atoms with Crippen LogP contribution in [0.15, 0.2) is 61.1 Å². The number of nitrogens with one attached hydrogen (secondary N) is 1. The molecule has 0 radical (unpaired) electrons. The molecule has 0 fully saturated rings. The summed E-state index contributed by atoms with van der Waals surface area (Å²) in [5.41, 5.74) is 3.25. The van der Waals surface area contributed by atoms with Crippen molar-refractivity contribution in [3.05, 3.63) is 76.7 Å². The van der Waals surface area contributed by atoms with Crippen LogP contribution in [0.25, 0.3) is 17.0 Å². The lowest BCUT2D eigenvalue weighted by Crippen LogP contribution is -2.20. The number of ether oxygens (including phenoxy) is 1. The Morgan fingerprint density at radius 2 is 2.07 bits per heavy atom. The third-order valence-electron chi connectivity index (χ3n) is 4.30. The van der Waals surface area contributed by atoms with E-state index in [4.69, 9.17) is 27.9 Å². The van der Waals surface area contributed by atoms with Crippen molar-refractivity contribution >= 4 is 40.6 Å². The van der Waals surface area contributed by atoms with E-state index in [1.54, 1.807) is 24.4 Å². The molecule has 146 valence electrons. The molecule has 1 N–H and O–H groups in total. The van der Waals surface area contributed by atoms with Gasteiger partial charge in [0.1, 0.15) is 5.75 Å². The average Bonchev–Trinajstić information content (AvgIpc) is 3.13. The van der Waals surface area contributed by atoms with E-state index in [1.807, 2.05) is 48.0 Å². The Bertz CT molecular complexity index is 1170. The standard InChI is InChI=1S/C21H16Cl2N4O2/c1-13-3-4-14(18-11-27-8-2-7-24-21(27)26-18)9-17(13)25-20(28)12-29-19-6-5-15(22)10-16(19)23/h2-11H,12H2,1H3,(H,25,28). The minimum absolute atomic E-state index is 0.177. The molecule has 4 rings (SSSR count). The van der Waals surface area contributed by atoms with Crippen molar-refractivity contribution in [2.45, 2.75) is 6.92 Å². The monoisotopic (exact) mass is 426 g/mol. The number of rotatable bonds is 5. The number of aromatic nitrogens is 3. The van der Waals surface area contributed by atoms with Gasteiger partial charge in [0.25, 0.3) is 5.91 Å². The zero-order chi connectivity index (χ0) is 20.4. The van der Waals surface area contributed by atoms with Crippen LogP contribution in [0, 0.1) is 6.92 Å². The SMILES string of the molecule is Cc1ccc(-c2cn3cccnc3n2)cc1NC(=O)COc1ccc(Cl)cc1Cl. The number of carbonyl (C=O) groups excluding carboxylic acids is 1. The van der Waals surface area contributed by atoms with Crippen LogP contribution in [-0.2, 0) is 4.79 Å². The van der Waals surface area contributed by atoms with Gasteiger partial charge in [-0.25, -0.2) is 9.97 Å². The molecule has 0 spiro atoms. The average molecular weight is 427 g/mol. The highest BCUT2D eigenvalue weighted by Crippen LogP contribution is 2.28. The fourth-order valence-electron chi connectivity index (χ4n) is 2.81. The highest BCUT2D eigenvalue weighted by Gasteiger charge is 2.11. The molecule has 2 aromatic heterocycles. The Morgan fingerprint density at radius 1 is 1.21 bits per heavy atom. The third kappa shape index (κ3) is 4.34. The van der Waals surface area contributed by atoms with Gasteiger partial charge in [0, 0.05) is 34.9 Å². The molecule has 0 saturated carbocycles. The van der Waals surface area contributed by atoms with Gasteiger partial charge in [-0.1, -0.05) is 35.3 Å². The topological polar surface area (TPSA) is 68.5 Å². The molecule has 0 saturated heterocycles. The van der Waals surface area contributed by atoms with Crippen LogP contribution in [0.3, 0.4) is 0 Å². The largest absolute Gasteiger partial charge is 0.482 e. The summed E-state index contributed by atoms with van der Waals surface area (Å²) in [6, 6.07) is 12.4. The molecule has 0 aliphatic heterocycles. The molecule has 2 heterocycles. The molecule has 6 nitrogen and oxygen atoms in total. The Labute approximate surface area is 177 Å². The lowest BCUT2D eigenvalue weighted by molar-refractivity contribution is -0.118. The van der Waals surface area contributed by atoms with Gasteiger partial charge in [-0.3, -0.25) is 9.20 Å². The van der Waals surface area contributed by atoms with E-state index in [9.17, 15) is 4.79 Å². The van der Waals surface area contributed by atoms with Gasteiger partial charge in [-0.15, -0.1) is 0 Å². The molecule has 4 aromatic rings. The summed E-state index contributed by atoms with van der Waals surface area (Å²) in [5.74, 6) is 0.712. The first-order valence-electron chi connectivity index (χ1n) is 8.78. The van der Waals surface area contributed by atoms with Gasteiger partial charge in [0.05, 0.1) is 10.7 Å². The smallest absolute Gasteiger partial charge is 0.262 e. The van der Waals surface area contributed by atoms with Crippen LogP contribution in [0.5, 0.6) is 5.75 Å². The molecule has 1 amide bonds. The summed E-state index contributed by atoms with van der Waals surface area (Å²) in [5, 5.41) is 3.72. The van der Waals surface area contributed by atoms with Crippen molar-refractivity contribution in [3.63, 3.8) is 0 Å². The fraction of sp³-hybridized carbons (Fsp3) is 0.0952. The molecular weight excluding hydrogens is 411 g/mol. The van der Waals surface area contributed by atoms with Gasteiger partial charge in [0.15, 0.2) is 6.61 Å². The second kappa shape index (κ2) is 8.11. The van der Waals surface area contributed by atoms with E-state index in [0.29, 0.717) is 27.3 Å². The van der Waals surface area contributed by atoms with Crippen LogP contribution >= 0.6 is 23.2 Å². The number of anilines is 1. The van der Waals surface area contributed by atoms with Crippen molar-refractivity contribution < 1.29 is 9.53 Å². The highest BCUT2D eigenvalue weighted by atomic mass is 35.5. The maximum absolute atomic E-state index is 12.4. The fourth-order valence-corrected chi connectivity index (χ4v) is 3.27. The number of fused-ring (bicyclic) bond motifs is 1. The van der Waals surface area contributed by atoms with E-state index in [0.717, 1.165) is 16.8 Å². The van der Waals surface area contributed by atoms with Gasteiger partial charge in [-0.05, 0) is 42.8 Å². The van der Waals surface area contributed by atoms with Crippen molar-refractivity contribution in [2.24, 2.45) is 0 Å². The van der Waals surface area contributed by atoms with Gasteiger partial charge < -0.3 is 10.1 Å². The Balaban J connectivity index is 1.49. The summed E-state index contributed by atoms with van der Waals surface area (Å²) in [6.45, 7) is 1.74. The normalized spacial score (nSPS) is 10.9. The zero-order valence-electron chi connectivity index (χ0n) is 15.4. The summed E-state index contributed by atoms with van der Waals surface area (Å²) < 4.78 is 7.34. The molecule has 2 aromatic carbocycles. The van der Waals surface area contributed by atoms with E-state index in [1.165, 1.54) is 0 Å². The number of amides is 1. The van der Waals surface area contributed by atoms with E-state index >= 15 is 0 Å². The van der Waals surface area contributed by atoms with Crippen molar-refractivity contribution in [3.8, 4) is 17.0 Å². The predicted octanol–water partition coefficient (Wildman–Crippen LogP) is 5.03. The Kier molecular flexibility index (Phi) is 5.38. The summed E-state index contributed by atoms with van der Waals surface area (Å²) in [7, 11) is 0. The summed E-state index contributed by atoms with van der Waals surface area (Å²) >= 11 is 11.9. The maximum Gasteiger partial charge on any atom is 0.262 e. The molecule has 0 aliphatic carbocycles. The Hall–Kier alpha value is -3.09. The molecule has 0 bridgehead atoms. The van der Waals surface area contributed by atoms with Crippen LogP contribution in [0.1, 0.15) is 5.56 Å². The molecule has 0 unspecified atom stereocenters. The maximum atomic E-state index is 12.4. The zero-order valence-corrected chi connectivity index (χ0v) is 16.9. The second-order valence-corrected chi connectivity index (χ2v) is 7.24. The van der Waals surface area contributed by atoms with Crippen LogP contribution in [0.4, 0.5) is 5.69 Å². The third-order valence-corrected chi connectivity index (χ3v) is 4.83. The first-order chi connectivity index (χ1) is 14.0. The van der Waals surface area contributed by atoms with Gasteiger partial charge in [-0.2, -0.15) is 0 Å². The minimum atomic E-state index is -0.298. The minimum Gasteiger partial charge on any atom is -0.482 e. The van der Waals surface area contributed by atoms with Crippen LogP contribution < -0.4 is 10.1 Å². The number of hydrogen-bond donors (Lipinski definition) is 1. The van der Waals surface area contributed by atoms with Crippen molar-refractivity contribution in [1.29, 1.82) is 0 Å². The van der Waals surface area contributed by atoms with Crippen LogP contribution in [0.2, 0.25) is 10.0 Å². The van der Waals surface area contributed by atoms with Crippen LogP contribution in [-0.4, -0.2) is 26.9 Å². The number of hydrogen-bond acceptors (Lipinski definition) is 4. The number of benzene rings is 2. The first-order valence-corrected chi connectivity index (χ1v) is 9.53. The van der Waals surface area contributed by atoms with Gasteiger partial charge >= 0.3 is 0 Å². The van der Waals surface area contributed by atoms with E-state index < -0.39 is 0 Å². The summed E-state index contributed by atoms with van der Waals surface area (Å²) in [4.78, 5) is 21.1. The number of imidazole rings is 1. The molecule has 29 heavy (non-hydrogen) atoms. The van der Waals surface area contributed by atoms with Gasteiger partial charge in [0.2, 0.25) is 5.78 Å². The second-order valence-electron chi connectivity index (χ2n) is 6.39. The number of carbonyl (C=O) groups is 1.